The average Bonchev–Trinajstić information content (AvgIpc) is 2.69. The predicted octanol–water partition coefficient (Wildman–Crippen LogP) is 3.53. The normalized spacial score (nSPS) is 11.8. The molecular weight excluding hydrogens is 260 g/mol. The molecular formula is C14H20N2O2S. The smallest absolute Gasteiger partial charge is 0.184 e. The zero-order chi connectivity index (χ0) is 13.9. The van der Waals surface area contributed by atoms with Crippen molar-refractivity contribution in [3.8, 4) is 5.75 Å². The molecule has 0 amide bonds. The number of nitrogens with one attached hydrogen (secondary N) is 1. The highest BCUT2D eigenvalue weighted by Crippen LogP contribution is 2.30. The second-order valence-electron chi connectivity index (χ2n) is 5.02. The quantitative estimate of drug-likeness (QED) is 0.879. The van der Waals surface area contributed by atoms with Gasteiger partial charge < -0.3 is 14.8 Å². The minimum Gasteiger partial charge on any atom is -0.494 e. The van der Waals surface area contributed by atoms with Crippen molar-refractivity contribution < 1.29 is 9.47 Å². The number of thiazole rings is 1. The van der Waals surface area contributed by atoms with E-state index >= 15 is 0 Å². The van der Waals surface area contributed by atoms with Gasteiger partial charge in [0.05, 0.1) is 29.0 Å². The number of rotatable bonds is 6. The van der Waals surface area contributed by atoms with Crippen molar-refractivity contribution >= 4 is 26.7 Å². The molecule has 0 spiro atoms. The highest BCUT2D eigenvalue weighted by atomic mass is 32.1. The van der Waals surface area contributed by atoms with Gasteiger partial charge in [-0.05, 0) is 39.0 Å². The fourth-order valence-electron chi connectivity index (χ4n) is 1.90. The summed E-state index contributed by atoms with van der Waals surface area (Å²) >= 11 is 1.63. The first kappa shape index (κ1) is 14.1. The van der Waals surface area contributed by atoms with Crippen molar-refractivity contribution in [1.82, 2.24) is 4.98 Å². The first-order valence-electron chi connectivity index (χ1n) is 6.34. The Kier molecular flexibility index (Phi) is 4.27. The Balaban J connectivity index is 2.21. The van der Waals surface area contributed by atoms with E-state index in [1.165, 1.54) is 0 Å². The molecule has 0 unspecified atom stereocenters. The van der Waals surface area contributed by atoms with Crippen molar-refractivity contribution in [1.29, 1.82) is 0 Å². The lowest BCUT2D eigenvalue weighted by molar-refractivity contribution is 0.158. The van der Waals surface area contributed by atoms with Crippen LogP contribution in [0.2, 0.25) is 0 Å². The molecule has 0 atom stereocenters. The van der Waals surface area contributed by atoms with Gasteiger partial charge in [-0.2, -0.15) is 0 Å². The molecule has 0 aliphatic rings. The number of anilines is 1. The highest BCUT2D eigenvalue weighted by molar-refractivity contribution is 7.22. The Hall–Kier alpha value is -1.33. The third kappa shape index (κ3) is 3.58. The fourth-order valence-corrected chi connectivity index (χ4v) is 2.97. The Bertz CT molecular complexity index is 551. The van der Waals surface area contributed by atoms with Gasteiger partial charge in [0.1, 0.15) is 5.75 Å². The van der Waals surface area contributed by atoms with E-state index < -0.39 is 0 Å². The zero-order valence-electron chi connectivity index (χ0n) is 11.8. The van der Waals surface area contributed by atoms with Crippen LogP contribution in [0.1, 0.15) is 20.8 Å². The van der Waals surface area contributed by atoms with E-state index in [2.05, 4.69) is 24.1 Å². The van der Waals surface area contributed by atoms with Crippen LogP contribution in [0.5, 0.6) is 5.75 Å². The molecule has 0 aliphatic heterocycles. The number of benzene rings is 1. The van der Waals surface area contributed by atoms with Crippen molar-refractivity contribution in [2.24, 2.45) is 0 Å². The molecule has 0 radical (unpaired) electrons. The van der Waals surface area contributed by atoms with Crippen molar-refractivity contribution in [2.75, 3.05) is 25.6 Å². The van der Waals surface area contributed by atoms with E-state index in [1.807, 2.05) is 25.1 Å². The topological polar surface area (TPSA) is 43.4 Å². The van der Waals surface area contributed by atoms with Crippen LogP contribution in [0.25, 0.3) is 10.2 Å². The third-order valence-corrected chi connectivity index (χ3v) is 3.56. The molecule has 2 rings (SSSR count). The van der Waals surface area contributed by atoms with Crippen LogP contribution in [0.3, 0.4) is 0 Å². The Morgan fingerprint density at radius 2 is 2.16 bits per heavy atom. The van der Waals surface area contributed by atoms with Crippen molar-refractivity contribution in [3.63, 3.8) is 0 Å². The Morgan fingerprint density at radius 3 is 2.84 bits per heavy atom. The maximum Gasteiger partial charge on any atom is 0.184 e. The van der Waals surface area contributed by atoms with E-state index in [4.69, 9.17) is 9.47 Å². The molecule has 0 saturated carbocycles. The SMILES string of the molecule is CCOc1ccc2nc(NC(C)(C)COC)sc2c1. The first-order valence-corrected chi connectivity index (χ1v) is 7.16. The molecule has 4 nitrogen and oxygen atoms in total. The van der Waals surface area contributed by atoms with E-state index in [-0.39, 0.29) is 5.54 Å². The summed E-state index contributed by atoms with van der Waals surface area (Å²) in [7, 11) is 1.70. The summed E-state index contributed by atoms with van der Waals surface area (Å²) in [5.74, 6) is 0.890. The molecule has 0 bridgehead atoms. The summed E-state index contributed by atoms with van der Waals surface area (Å²) in [4.78, 5) is 4.58. The molecule has 1 aromatic carbocycles. The summed E-state index contributed by atoms with van der Waals surface area (Å²) in [5.41, 5.74) is 0.856. The zero-order valence-corrected chi connectivity index (χ0v) is 12.6. The van der Waals surface area contributed by atoms with Crippen LogP contribution < -0.4 is 10.1 Å². The van der Waals surface area contributed by atoms with Gasteiger partial charge in [0, 0.05) is 7.11 Å². The molecule has 1 aromatic heterocycles. The number of methoxy groups -OCH3 is 1. The largest absolute Gasteiger partial charge is 0.494 e. The molecule has 1 heterocycles. The molecule has 0 aliphatic carbocycles. The van der Waals surface area contributed by atoms with E-state index in [9.17, 15) is 0 Å². The second-order valence-corrected chi connectivity index (χ2v) is 6.05. The van der Waals surface area contributed by atoms with E-state index in [0.717, 1.165) is 21.1 Å². The summed E-state index contributed by atoms with van der Waals surface area (Å²) in [5, 5.41) is 4.31. The van der Waals surface area contributed by atoms with Gasteiger partial charge in [-0.1, -0.05) is 11.3 Å². The Morgan fingerprint density at radius 1 is 1.37 bits per heavy atom. The fraction of sp³-hybridized carbons (Fsp3) is 0.500. The number of hydrogen-bond acceptors (Lipinski definition) is 5. The van der Waals surface area contributed by atoms with Gasteiger partial charge in [0.15, 0.2) is 5.13 Å². The van der Waals surface area contributed by atoms with Crippen molar-refractivity contribution in [2.45, 2.75) is 26.3 Å². The lowest BCUT2D eigenvalue weighted by Crippen LogP contribution is -2.35. The lowest BCUT2D eigenvalue weighted by atomic mass is 10.1. The van der Waals surface area contributed by atoms with E-state index in [0.29, 0.717) is 13.2 Å². The number of nitrogens with zero attached hydrogens (tertiary/aromatic N) is 1. The van der Waals surface area contributed by atoms with Gasteiger partial charge in [-0.3, -0.25) is 0 Å². The number of aromatic nitrogens is 1. The molecule has 1 N–H and O–H groups in total. The number of hydrogen-bond donors (Lipinski definition) is 1. The Labute approximate surface area is 117 Å². The highest BCUT2D eigenvalue weighted by Gasteiger charge is 2.19. The van der Waals surface area contributed by atoms with Gasteiger partial charge in [0.2, 0.25) is 0 Å². The summed E-state index contributed by atoms with van der Waals surface area (Å²) in [6.45, 7) is 7.48. The minimum atomic E-state index is -0.134. The second kappa shape index (κ2) is 5.75. The van der Waals surface area contributed by atoms with Gasteiger partial charge in [-0.25, -0.2) is 4.98 Å². The van der Waals surface area contributed by atoms with Crippen LogP contribution in [0.15, 0.2) is 18.2 Å². The van der Waals surface area contributed by atoms with Gasteiger partial charge >= 0.3 is 0 Å². The minimum absolute atomic E-state index is 0.134. The predicted molar refractivity (Wildman–Crippen MR) is 80.4 cm³/mol. The van der Waals surface area contributed by atoms with Gasteiger partial charge in [-0.15, -0.1) is 0 Å². The summed E-state index contributed by atoms with van der Waals surface area (Å²) < 4.78 is 11.8. The van der Waals surface area contributed by atoms with Crippen LogP contribution >= 0.6 is 11.3 Å². The molecule has 104 valence electrons. The maximum absolute atomic E-state index is 5.50. The van der Waals surface area contributed by atoms with Crippen LogP contribution in [0, 0.1) is 0 Å². The average molecular weight is 280 g/mol. The molecule has 19 heavy (non-hydrogen) atoms. The third-order valence-electron chi connectivity index (χ3n) is 2.62. The van der Waals surface area contributed by atoms with Crippen molar-refractivity contribution in [3.05, 3.63) is 18.2 Å². The first-order chi connectivity index (χ1) is 9.04. The molecule has 0 saturated heterocycles. The van der Waals surface area contributed by atoms with Crippen LogP contribution in [-0.4, -0.2) is 30.8 Å². The maximum atomic E-state index is 5.50. The lowest BCUT2D eigenvalue weighted by Gasteiger charge is -2.24. The number of ether oxygens (including phenoxy) is 2. The van der Waals surface area contributed by atoms with Gasteiger partial charge in [0.25, 0.3) is 0 Å². The molecule has 2 aromatic rings. The van der Waals surface area contributed by atoms with Crippen LogP contribution in [0.4, 0.5) is 5.13 Å². The van der Waals surface area contributed by atoms with E-state index in [1.54, 1.807) is 18.4 Å². The summed E-state index contributed by atoms with van der Waals surface area (Å²) in [6, 6.07) is 5.98. The molecule has 0 fully saturated rings. The standard InChI is InChI=1S/C14H20N2O2S/c1-5-18-10-6-7-11-12(8-10)19-13(15-11)16-14(2,3)9-17-4/h6-8H,5,9H2,1-4H3,(H,15,16). The monoisotopic (exact) mass is 280 g/mol. The molecule has 5 heteroatoms. The summed E-state index contributed by atoms with van der Waals surface area (Å²) in [6.07, 6.45) is 0. The van der Waals surface area contributed by atoms with Crippen LogP contribution in [-0.2, 0) is 4.74 Å². The number of fused-ring (bicyclic) bond motifs is 1.